The molecule has 13 heteroatoms. The van der Waals surface area contributed by atoms with Crippen molar-refractivity contribution in [2.24, 2.45) is 7.05 Å². The van der Waals surface area contributed by atoms with Crippen LogP contribution in [0.4, 0.5) is 9.18 Å². The summed E-state index contributed by atoms with van der Waals surface area (Å²) in [5, 5.41) is 18.7. The number of alkyl carbamates (subject to hydrolysis) is 1. The van der Waals surface area contributed by atoms with Crippen LogP contribution in [0.1, 0.15) is 50.4 Å². The normalized spacial score (nSPS) is 15.1. The Morgan fingerprint density at radius 2 is 1.79 bits per heavy atom. The van der Waals surface area contributed by atoms with E-state index in [0.29, 0.717) is 55.8 Å². The third-order valence-corrected chi connectivity index (χ3v) is 9.56. The molecule has 1 aliphatic rings. The van der Waals surface area contributed by atoms with Gasteiger partial charge in [-0.15, -0.1) is 11.3 Å². The molecule has 2 N–H and O–H groups in total. The summed E-state index contributed by atoms with van der Waals surface area (Å²) in [5.41, 5.74) is 5.16. The van der Waals surface area contributed by atoms with E-state index in [1.165, 1.54) is 22.2 Å². The van der Waals surface area contributed by atoms with Crippen molar-refractivity contribution < 1.29 is 19.0 Å². The van der Waals surface area contributed by atoms with Crippen LogP contribution in [0.25, 0.3) is 32.7 Å². The maximum absolute atomic E-state index is 15.0. The number of likely N-dealkylation sites (tertiary alicyclic amines) is 1. The van der Waals surface area contributed by atoms with Gasteiger partial charge >= 0.3 is 6.09 Å². The number of amides is 1. The van der Waals surface area contributed by atoms with E-state index in [4.69, 9.17) is 4.74 Å². The highest BCUT2D eigenvalue weighted by Crippen LogP contribution is 2.31. The van der Waals surface area contributed by atoms with Gasteiger partial charge in [0.15, 0.2) is 5.52 Å². The third-order valence-electron chi connectivity index (χ3n) is 8.58. The molecule has 1 fully saturated rings. The van der Waals surface area contributed by atoms with E-state index < -0.39 is 17.3 Å². The Hall–Kier alpha value is -4.46. The molecule has 1 aliphatic heterocycles. The minimum Gasteiger partial charge on any atom is -0.444 e. The largest absolute Gasteiger partial charge is 0.444 e. The lowest BCUT2D eigenvalue weighted by Crippen LogP contribution is -2.47. The summed E-state index contributed by atoms with van der Waals surface area (Å²) in [6.07, 6.45) is 1.85. The molecule has 0 unspecified atom stereocenters. The molecule has 0 spiro atoms. The van der Waals surface area contributed by atoms with Gasteiger partial charge in [-0.25, -0.2) is 19.2 Å². The average molecular weight is 674 g/mol. The number of ether oxygens (including phenoxy) is 1. The van der Waals surface area contributed by atoms with Crippen molar-refractivity contribution in [2.45, 2.75) is 71.4 Å². The second kappa shape index (κ2) is 13.2. The van der Waals surface area contributed by atoms with E-state index in [1.54, 1.807) is 23.3 Å². The molecule has 0 saturated carbocycles. The van der Waals surface area contributed by atoms with Gasteiger partial charge in [0, 0.05) is 44.4 Å². The molecule has 0 aliphatic carbocycles. The van der Waals surface area contributed by atoms with Crippen LogP contribution in [0.3, 0.4) is 0 Å². The number of nitrogens with one attached hydrogen (secondary N) is 1. The summed E-state index contributed by atoms with van der Waals surface area (Å²) in [5.74, 6) is -0.257. The van der Waals surface area contributed by atoms with E-state index in [-0.39, 0.29) is 23.4 Å². The predicted molar refractivity (Wildman–Crippen MR) is 183 cm³/mol. The molecule has 0 atom stereocenters. The van der Waals surface area contributed by atoms with Gasteiger partial charge in [-0.2, -0.15) is 5.10 Å². The number of thiazole rings is 1. The van der Waals surface area contributed by atoms with Crippen molar-refractivity contribution in [3.05, 3.63) is 87.3 Å². The molecule has 5 aromatic rings. The van der Waals surface area contributed by atoms with Gasteiger partial charge in [-0.05, 0) is 57.7 Å². The number of carbonyl (C=O) groups is 1. The van der Waals surface area contributed by atoms with Crippen molar-refractivity contribution in [1.29, 1.82) is 0 Å². The highest BCUT2D eigenvalue weighted by Gasteiger charge is 2.34. The highest BCUT2D eigenvalue weighted by molar-refractivity contribution is 7.13. The maximum atomic E-state index is 15.0. The number of piperidine rings is 1. The second-order valence-electron chi connectivity index (χ2n) is 13.5. The zero-order valence-corrected chi connectivity index (χ0v) is 28.6. The number of hydrogen-bond donors (Lipinski definition) is 2. The Morgan fingerprint density at radius 1 is 1.08 bits per heavy atom. The molecule has 4 heterocycles. The average Bonchev–Trinajstić information content (AvgIpc) is 3.61. The van der Waals surface area contributed by atoms with E-state index in [1.807, 2.05) is 64.1 Å². The lowest BCUT2D eigenvalue weighted by Gasteiger charge is -2.38. The maximum Gasteiger partial charge on any atom is 0.407 e. The van der Waals surface area contributed by atoms with Crippen molar-refractivity contribution in [2.75, 3.05) is 13.1 Å². The minimum atomic E-state index is -1.11. The number of halogens is 1. The van der Waals surface area contributed by atoms with Crippen molar-refractivity contribution in [3.63, 3.8) is 0 Å². The Labute approximate surface area is 282 Å². The number of benzene rings is 2. The minimum absolute atomic E-state index is 0.0884. The number of rotatable bonds is 8. The van der Waals surface area contributed by atoms with Crippen LogP contribution < -0.4 is 10.9 Å². The molecule has 0 radical (unpaired) electrons. The molecular formula is C35H40FN7O4S. The van der Waals surface area contributed by atoms with Crippen molar-refractivity contribution in [3.8, 4) is 21.7 Å². The third kappa shape index (κ3) is 7.33. The van der Waals surface area contributed by atoms with Crippen molar-refractivity contribution in [1.82, 2.24) is 34.5 Å². The Morgan fingerprint density at radius 3 is 2.44 bits per heavy atom. The van der Waals surface area contributed by atoms with Gasteiger partial charge in [0.25, 0.3) is 5.56 Å². The van der Waals surface area contributed by atoms with E-state index in [9.17, 15) is 14.7 Å². The number of nitrogens with zero attached hydrogens (tertiary/aromatic N) is 6. The highest BCUT2D eigenvalue weighted by atomic mass is 32.1. The van der Waals surface area contributed by atoms with Crippen LogP contribution in [-0.2, 0) is 31.4 Å². The number of carbonyl (C=O) groups excluding carboxylic acids is 1. The summed E-state index contributed by atoms with van der Waals surface area (Å²) in [6.45, 7) is 9.31. The van der Waals surface area contributed by atoms with Gasteiger partial charge in [-0.3, -0.25) is 18.9 Å². The summed E-state index contributed by atoms with van der Waals surface area (Å²) < 4.78 is 23.4. The lowest BCUT2D eigenvalue weighted by molar-refractivity contribution is -0.0366. The fourth-order valence-electron chi connectivity index (χ4n) is 6.04. The fraction of sp³-hybridized carbons (Fsp3) is 0.400. The van der Waals surface area contributed by atoms with Gasteiger partial charge < -0.3 is 15.2 Å². The molecule has 1 saturated heterocycles. The molecule has 2 aromatic carbocycles. The first kappa shape index (κ1) is 33.4. The molecule has 1 amide bonds. The monoisotopic (exact) mass is 673 g/mol. The number of hydrogen-bond acceptors (Lipinski definition) is 9. The summed E-state index contributed by atoms with van der Waals surface area (Å²) in [6, 6.07) is 12.9. The zero-order valence-electron chi connectivity index (χ0n) is 27.8. The number of aromatic nitrogens is 5. The summed E-state index contributed by atoms with van der Waals surface area (Å²) in [7, 11) is 1.76. The number of fused-ring (bicyclic) bond motifs is 1. The quantitative estimate of drug-likeness (QED) is 0.224. The Balaban J connectivity index is 1.09. The van der Waals surface area contributed by atoms with Crippen LogP contribution in [0.2, 0.25) is 0 Å². The fourth-order valence-corrected chi connectivity index (χ4v) is 6.84. The van der Waals surface area contributed by atoms with Crippen LogP contribution in [0, 0.1) is 12.7 Å². The van der Waals surface area contributed by atoms with Gasteiger partial charge in [0.1, 0.15) is 16.9 Å². The predicted octanol–water partition coefficient (Wildman–Crippen LogP) is 5.42. The van der Waals surface area contributed by atoms with Crippen LogP contribution in [0.15, 0.2) is 59.1 Å². The smallest absolute Gasteiger partial charge is 0.407 e. The molecule has 6 rings (SSSR count). The van der Waals surface area contributed by atoms with E-state index >= 15 is 4.39 Å². The zero-order chi connectivity index (χ0) is 34.2. The first-order valence-electron chi connectivity index (χ1n) is 15.9. The Kier molecular flexibility index (Phi) is 9.20. The van der Waals surface area contributed by atoms with Gasteiger partial charge in [0.05, 0.1) is 40.2 Å². The Bertz CT molecular complexity index is 2000. The van der Waals surface area contributed by atoms with Gasteiger partial charge in [-0.1, -0.05) is 36.4 Å². The topological polar surface area (TPSA) is 127 Å². The number of aliphatic hydroxyl groups is 1. The van der Waals surface area contributed by atoms with Crippen LogP contribution in [0.5, 0.6) is 0 Å². The standard InChI is InChI=1S/C35H40FN7O4S/c1-22-31(48-21-39-22)25-10-11-26(27(36)16-25)18-42-14-12-35(46,13-15-42)19-43-20-38-28-29(32(43)44)40-41(5)30(28)24-8-6-23(7-9-24)17-37-33(45)47-34(2,3)4/h6-11,16,20-21,46H,12-15,17-19H2,1-5H3,(H,37,45). The summed E-state index contributed by atoms with van der Waals surface area (Å²) >= 11 is 1.50. The molecule has 48 heavy (non-hydrogen) atoms. The molecule has 11 nitrogen and oxygen atoms in total. The molecule has 0 bridgehead atoms. The van der Waals surface area contributed by atoms with Crippen molar-refractivity contribution >= 4 is 28.5 Å². The first-order valence-corrected chi connectivity index (χ1v) is 16.8. The van der Waals surface area contributed by atoms with E-state index in [0.717, 1.165) is 27.3 Å². The molecule has 252 valence electrons. The van der Waals surface area contributed by atoms with E-state index in [2.05, 4.69) is 25.3 Å². The van der Waals surface area contributed by atoms with Crippen LogP contribution in [-0.4, -0.2) is 64.7 Å². The SMILES string of the molecule is Cc1ncsc1-c1ccc(CN2CCC(O)(Cn3cnc4c(-c5ccc(CNC(=O)OC(C)(C)C)cc5)n(C)nc4c3=O)CC2)c(F)c1. The lowest BCUT2D eigenvalue weighted by atomic mass is 9.91. The second-order valence-corrected chi connectivity index (χ2v) is 14.3. The molecular weight excluding hydrogens is 633 g/mol. The molecule has 3 aromatic heterocycles. The first-order chi connectivity index (χ1) is 22.8. The van der Waals surface area contributed by atoms with Gasteiger partial charge in [0.2, 0.25) is 0 Å². The number of aryl methyl sites for hydroxylation is 2. The summed E-state index contributed by atoms with van der Waals surface area (Å²) in [4.78, 5) is 37.5. The van der Waals surface area contributed by atoms with Crippen LogP contribution >= 0.6 is 11.3 Å².